The van der Waals surface area contributed by atoms with Crippen LogP contribution in [0.1, 0.15) is 50.7 Å². The van der Waals surface area contributed by atoms with Crippen molar-refractivity contribution >= 4 is 23.3 Å². The molecule has 1 aliphatic carbocycles. The molecule has 0 amide bonds. The monoisotopic (exact) mass is 510 g/mol. The molecule has 2 aliphatic rings. The van der Waals surface area contributed by atoms with Crippen molar-refractivity contribution in [2.24, 2.45) is 4.99 Å². The van der Waals surface area contributed by atoms with Gasteiger partial charge in [-0.1, -0.05) is 54.9 Å². The molecule has 7 heteroatoms. The number of halogens is 1. The van der Waals surface area contributed by atoms with Crippen molar-refractivity contribution in [3.05, 3.63) is 76.1 Å². The predicted molar refractivity (Wildman–Crippen MR) is 143 cm³/mol. The van der Waals surface area contributed by atoms with E-state index in [1.807, 2.05) is 62.4 Å². The molecule has 1 atom stereocenters. The first-order chi connectivity index (χ1) is 17.6. The number of carbonyl (C=O) groups is 1. The second-order valence-electron chi connectivity index (χ2n) is 9.00. The summed E-state index contributed by atoms with van der Waals surface area (Å²) in [6, 6.07) is 15.0. The molecule has 1 heterocycles. The van der Waals surface area contributed by atoms with Gasteiger partial charge in [-0.15, -0.1) is 0 Å². The molecule has 1 aliphatic heterocycles. The van der Waals surface area contributed by atoms with Gasteiger partial charge in [-0.05, 0) is 61.4 Å². The Morgan fingerprint density at radius 1 is 1.11 bits per heavy atom. The molecule has 0 spiro atoms. The van der Waals surface area contributed by atoms with Crippen LogP contribution in [0.15, 0.2) is 65.0 Å². The Bertz CT molecular complexity index is 1090. The molecule has 0 aromatic heterocycles. The lowest BCUT2D eigenvalue weighted by Gasteiger charge is -2.34. The zero-order chi connectivity index (χ0) is 25.3. The number of benzene rings is 2. The number of morpholine rings is 1. The van der Waals surface area contributed by atoms with Crippen molar-refractivity contribution in [2.75, 3.05) is 32.9 Å². The van der Waals surface area contributed by atoms with E-state index < -0.39 is 6.04 Å². The summed E-state index contributed by atoms with van der Waals surface area (Å²) in [4.78, 5) is 19.9. The van der Waals surface area contributed by atoms with E-state index in [9.17, 15) is 4.79 Å². The number of hydrogen-bond acceptors (Lipinski definition) is 6. The van der Waals surface area contributed by atoms with Gasteiger partial charge in [0.2, 0.25) is 0 Å². The minimum atomic E-state index is -0.649. The molecule has 1 unspecified atom stereocenters. The molecule has 0 N–H and O–H groups in total. The van der Waals surface area contributed by atoms with Gasteiger partial charge in [0.1, 0.15) is 5.75 Å². The second-order valence-corrected chi connectivity index (χ2v) is 9.40. The Labute approximate surface area is 218 Å². The van der Waals surface area contributed by atoms with Crippen LogP contribution < -0.4 is 4.74 Å². The van der Waals surface area contributed by atoms with Crippen molar-refractivity contribution < 1.29 is 19.0 Å². The van der Waals surface area contributed by atoms with Crippen molar-refractivity contribution in [1.82, 2.24) is 4.90 Å². The molecule has 4 rings (SSSR count). The van der Waals surface area contributed by atoms with Crippen LogP contribution >= 0.6 is 11.6 Å². The minimum absolute atomic E-state index is 0.310. The topological polar surface area (TPSA) is 60.4 Å². The van der Waals surface area contributed by atoms with Gasteiger partial charge in [0.15, 0.2) is 11.9 Å². The molecule has 2 aromatic rings. The van der Waals surface area contributed by atoms with E-state index in [0.29, 0.717) is 43.4 Å². The number of hydrogen-bond donors (Lipinski definition) is 0. The Balaban J connectivity index is 1.54. The fourth-order valence-corrected chi connectivity index (χ4v) is 4.63. The second kappa shape index (κ2) is 12.9. The van der Waals surface area contributed by atoms with Crippen LogP contribution in [-0.4, -0.2) is 55.5 Å². The summed E-state index contributed by atoms with van der Waals surface area (Å²) in [5.41, 5.74) is 4.13. The quantitative estimate of drug-likeness (QED) is 0.229. The highest BCUT2D eigenvalue weighted by Gasteiger charge is 2.25. The first kappa shape index (κ1) is 26.2. The van der Waals surface area contributed by atoms with Gasteiger partial charge < -0.3 is 19.1 Å². The van der Waals surface area contributed by atoms with Gasteiger partial charge in [-0.25, -0.2) is 4.79 Å². The molecule has 2 fully saturated rings. The van der Waals surface area contributed by atoms with Crippen LogP contribution in [0.25, 0.3) is 0 Å². The predicted octanol–water partition coefficient (Wildman–Crippen LogP) is 5.82. The molecule has 2 aromatic carbocycles. The standard InChI is InChI=1S/C29H35ClN2O4/c1-3-25(22-9-6-5-7-10-22)31-26(29(33)35-4-2)20-21-13-14-27(24(30)19-21)36-28(23-11-8-12-23)32-15-17-34-18-16-32/h5-7,9-10,13-14,19,26H,3-4,8,11-12,15-18,20H2,1-2H3. The van der Waals surface area contributed by atoms with Crippen LogP contribution in [-0.2, 0) is 20.7 Å². The molecule has 6 nitrogen and oxygen atoms in total. The number of carbonyl (C=O) groups excluding carboxylic acids is 1. The normalized spacial score (nSPS) is 16.8. The lowest BCUT2D eigenvalue weighted by molar-refractivity contribution is -0.144. The van der Waals surface area contributed by atoms with Crippen molar-refractivity contribution in [1.29, 1.82) is 0 Å². The SMILES string of the molecule is CCOC(=O)C(Cc1ccc(OC(=C2CCC2)N2CCOCC2)c(Cl)c1)N=C(CC)c1ccccc1. The summed E-state index contributed by atoms with van der Waals surface area (Å²) in [5.74, 6) is 1.21. The summed E-state index contributed by atoms with van der Waals surface area (Å²) in [6.45, 7) is 7.19. The Hall–Kier alpha value is -2.83. The van der Waals surface area contributed by atoms with Crippen LogP contribution in [0.3, 0.4) is 0 Å². The first-order valence-electron chi connectivity index (χ1n) is 12.9. The Morgan fingerprint density at radius 2 is 1.86 bits per heavy atom. The fourth-order valence-electron chi connectivity index (χ4n) is 4.38. The van der Waals surface area contributed by atoms with Crippen LogP contribution in [0, 0.1) is 0 Å². The number of esters is 1. The van der Waals surface area contributed by atoms with Crippen LogP contribution in [0.2, 0.25) is 5.02 Å². The maximum Gasteiger partial charge on any atom is 0.331 e. The number of aliphatic imine (C=N–C) groups is 1. The third-order valence-corrected chi connectivity index (χ3v) is 6.80. The summed E-state index contributed by atoms with van der Waals surface area (Å²) in [7, 11) is 0. The number of nitrogens with zero attached hydrogens (tertiary/aromatic N) is 2. The highest BCUT2D eigenvalue weighted by Crippen LogP contribution is 2.35. The van der Waals surface area contributed by atoms with E-state index in [1.165, 1.54) is 12.0 Å². The average Bonchev–Trinajstić information content (AvgIpc) is 2.87. The molecular weight excluding hydrogens is 476 g/mol. The van der Waals surface area contributed by atoms with E-state index >= 15 is 0 Å². The molecule has 36 heavy (non-hydrogen) atoms. The maximum absolute atomic E-state index is 12.8. The Morgan fingerprint density at radius 3 is 2.47 bits per heavy atom. The zero-order valence-electron chi connectivity index (χ0n) is 21.2. The number of ether oxygens (including phenoxy) is 3. The van der Waals surface area contributed by atoms with Gasteiger partial charge >= 0.3 is 5.97 Å². The van der Waals surface area contributed by atoms with Gasteiger partial charge in [-0.2, -0.15) is 0 Å². The van der Waals surface area contributed by atoms with Gasteiger partial charge in [-0.3, -0.25) is 4.99 Å². The third kappa shape index (κ3) is 6.68. The highest BCUT2D eigenvalue weighted by molar-refractivity contribution is 6.32. The molecule has 0 radical (unpaired) electrons. The fraction of sp³-hybridized carbons (Fsp3) is 0.448. The lowest BCUT2D eigenvalue weighted by atomic mass is 9.92. The average molecular weight is 511 g/mol. The number of rotatable bonds is 10. The largest absolute Gasteiger partial charge is 0.464 e. The lowest BCUT2D eigenvalue weighted by Crippen LogP contribution is -2.38. The summed E-state index contributed by atoms with van der Waals surface area (Å²) in [5, 5.41) is 0.517. The van der Waals surface area contributed by atoms with Crippen LogP contribution in [0.4, 0.5) is 0 Å². The van der Waals surface area contributed by atoms with E-state index in [0.717, 1.165) is 48.7 Å². The van der Waals surface area contributed by atoms with E-state index in [-0.39, 0.29) is 5.97 Å². The molecule has 0 bridgehead atoms. The summed E-state index contributed by atoms with van der Waals surface area (Å²) < 4.78 is 17.2. The highest BCUT2D eigenvalue weighted by atomic mass is 35.5. The van der Waals surface area contributed by atoms with E-state index in [2.05, 4.69) is 4.90 Å². The molecule has 192 valence electrons. The van der Waals surface area contributed by atoms with Crippen molar-refractivity contribution in [3.8, 4) is 5.75 Å². The summed E-state index contributed by atoms with van der Waals surface area (Å²) in [6.07, 6.45) is 4.42. The molecule has 1 saturated heterocycles. The van der Waals surface area contributed by atoms with E-state index in [1.54, 1.807) is 0 Å². The third-order valence-electron chi connectivity index (χ3n) is 6.50. The van der Waals surface area contributed by atoms with E-state index in [4.69, 9.17) is 30.8 Å². The molecule has 1 saturated carbocycles. The first-order valence-corrected chi connectivity index (χ1v) is 13.3. The molecular formula is C29H35ClN2O4. The maximum atomic E-state index is 12.8. The smallest absolute Gasteiger partial charge is 0.331 e. The number of allylic oxidation sites excluding steroid dienone is 1. The minimum Gasteiger partial charge on any atom is -0.464 e. The van der Waals surface area contributed by atoms with Crippen molar-refractivity contribution in [3.63, 3.8) is 0 Å². The summed E-state index contributed by atoms with van der Waals surface area (Å²) >= 11 is 6.69. The van der Waals surface area contributed by atoms with Gasteiger partial charge in [0, 0.05) is 25.2 Å². The van der Waals surface area contributed by atoms with Crippen molar-refractivity contribution in [2.45, 2.75) is 52.0 Å². The van der Waals surface area contributed by atoms with Crippen LogP contribution in [0.5, 0.6) is 5.75 Å². The Kier molecular flexibility index (Phi) is 9.42. The van der Waals surface area contributed by atoms with Gasteiger partial charge in [0.05, 0.1) is 24.8 Å². The zero-order valence-corrected chi connectivity index (χ0v) is 21.9. The van der Waals surface area contributed by atoms with Gasteiger partial charge in [0.25, 0.3) is 0 Å².